The van der Waals surface area contributed by atoms with Crippen molar-refractivity contribution in [1.29, 1.82) is 0 Å². The molecule has 3 heterocycles. The first kappa shape index (κ1) is 17.8. The Morgan fingerprint density at radius 3 is 2.81 bits per heavy atom. The molecule has 1 fully saturated rings. The van der Waals surface area contributed by atoms with E-state index in [0.717, 1.165) is 36.9 Å². The third-order valence-corrected chi connectivity index (χ3v) is 5.47. The summed E-state index contributed by atoms with van der Waals surface area (Å²) in [5.74, 6) is 0.749. The molecule has 4 rings (SSSR count). The largest absolute Gasteiger partial charge is 0.493 e. The van der Waals surface area contributed by atoms with Crippen LogP contribution in [0, 0.1) is 5.82 Å². The van der Waals surface area contributed by atoms with E-state index < -0.39 is 0 Å². The molecule has 0 saturated carbocycles. The number of carbonyl (C=O) groups is 1. The van der Waals surface area contributed by atoms with Gasteiger partial charge in [0.2, 0.25) is 0 Å². The van der Waals surface area contributed by atoms with E-state index in [-0.39, 0.29) is 17.9 Å². The molecule has 7 heteroatoms. The lowest BCUT2D eigenvalue weighted by atomic mass is 9.94. The van der Waals surface area contributed by atoms with Crippen LogP contribution in [0.1, 0.15) is 48.9 Å². The molecule has 6 nitrogen and oxygen atoms in total. The highest BCUT2D eigenvalue weighted by Gasteiger charge is 2.28. The number of likely N-dealkylation sites (tertiary alicyclic amines) is 1. The van der Waals surface area contributed by atoms with Gasteiger partial charge in [-0.15, -0.1) is 0 Å². The average Bonchev–Trinajstić information content (AvgIpc) is 3.02. The van der Waals surface area contributed by atoms with Crippen molar-refractivity contribution in [1.82, 2.24) is 20.0 Å². The number of nitrogens with one attached hydrogen (secondary N) is 1. The van der Waals surface area contributed by atoms with Gasteiger partial charge in [0.05, 0.1) is 18.3 Å². The molecule has 0 radical (unpaired) electrons. The van der Waals surface area contributed by atoms with Gasteiger partial charge < -0.3 is 15.0 Å². The van der Waals surface area contributed by atoms with Crippen LogP contribution in [-0.2, 0) is 7.05 Å². The summed E-state index contributed by atoms with van der Waals surface area (Å²) in [4.78, 5) is 14.6. The van der Waals surface area contributed by atoms with Crippen LogP contribution in [0.5, 0.6) is 5.75 Å². The summed E-state index contributed by atoms with van der Waals surface area (Å²) in [7, 11) is 1.92. The van der Waals surface area contributed by atoms with Gasteiger partial charge in [-0.25, -0.2) is 9.18 Å². The second-order valence-corrected chi connectivity index (χ2v) is 7.35. The van der Waals surface area contributed by atoms with Gasteiger partial charge in [-0.05, 0) is 49.9 Å². The number of carbonyl (C=O) groups excluding carboxylic acids is 1. The number of hydrogen-bond acceptors (Lipinski definition) is 3. The molecule has 1 aromatic heterocycles. The second kappa shape index (κ2) is 7.58. The number of fused-ring (bicyclic) bond motifs is 1. The summed E-state index contributed by atoms with van der Waals surface area (Å²) >= 11 is 0. The number of amides is 2. The number of hydrogen-bond donors (Lipinski definition) is 1. The molecule has 144 valence electrons. The number of benzene rings is 1. The molecular weight excluding hydrogens is 347 g/mol. The lowest BCUT2D eigenvalue weighted by Gasteiger charge is -2.32. The van der Waals surface area contributed by atoms with Crippen LogP contribution in [0.25, 0.3) is 0 Å². The Bertz CT molecular complexity index is 814. The number of halogens is 1. The number of aromatic nitrogens is 2. The van der Waals surface area contributed by atoms with Crippen molar-refractivity contribution in [3.63, 3.8) is 0 Å². The number of aryl methyl sites for hydroxylation is 1. The van der Waals surface area contributed by atoms with E-state index in [2.05, 4.69) is 16.5 Å². The van der Waals surface area contributed by atoms with E-state index in [4.69, 9.17) is 4.74 Å². The fraction of sp³-hybridized carbons (Fsp3) is 0.500. The minimum absolute atomic E-state index is 0.0865. The fourth-order valence-corrected chi connectivity index (χ4v) is 3.97. The van der Waals surface area contributed by atoms with E-state index >= 15 is 0 Å². The van der Waals surface area contributed by atoms with E-state index in [0.29, 0.717) is 31.4 Å². The Kier molecular flexibility index (Phi) is 5.01. The van der Waals surface area contributed by atoms with Crippen molar-refractivity contribution in [2.24, 2.45) is 7.05 Å². The van der Waals surface area contributed by atoms with Gasteiger partial charge in [0.25, 0.3) is 0 Å². The van der Waals surface area contributed by atoms with Crippen LogP contribution in [0.3, 0.4) is 0 Å². The molecule has 0 aliphatic carbocycles. The third-order valence-electron chi connectivity index (χ3n) is 5.47. The summed E-state index contributed by atoms with van der Waals surface area (Å²) in [5, 5.41) is 7.58. The summed E-state index contributed by atoms with van der Waals surface area (Å²) < 4.78 is 21.2. The zero-order valence-corrected chi connectivity index (χ0v) is 15.5. The summed E-state index contributed by atoms with van der Waals surface area (Å²) in [5.41, 5.74) is 1.83. The number of piperidine rings is 1. The molecule has 1 atom stereocenters. The smallest absolute Gasteiger partial charge is 0.317 e. The quantitative estimate of drug-likeness (QED) is 0.879. The first-order chi connectivity index (χ1) is 13.1. The van der Waals surface area contributed by atoms with Crippen LogP contribution in [0.15, 0.2) is 30.5 Å². The number of ether oxygens (including phenoxy) is 1. The van der Waals surface area contributed by atoms with Gasteiger partial charge in [0, 0.05) is 37.8 Å². The predicted octanol–water partition coefficient (Wildman–Crippen LogP) is 3.36. The van der Waals surface area contributed by atoms with E-state index in [1.165, 1.54) is 12.1 Å². The highest BCUT2D eigenvalue weighted by atomic mass is 19.1. The van der Waals surface area contributed by atoms with Crippen molar-refractivity contribution in [3.8, 4) is 5.75 Å². The van der Waals surface area contributed by atoms with Crippen LogP contribution in [-0.4, -0.2) is 40.4 Å². The van der Waals surface area contributed by atoms with Crippen molar-refractivity contribution < 1.29 is 13.9 Å². The van der Waals surface area contributed by atoms with Crippen molar-refractivity contribution in [3.05, 3.63) is 47.5 Å². The minimum Gasteiger partial charge on any atom is -0.493 e. The molecule has 0 spiro atoms. The minimum atomic E-state index is -0.310. The normalized spacial score (nSPS) is 20.5. The second-order valence-electron chi connectivity index (χ2n) is 7.35. The molecule has 2 aromatic rings. The topological polar surface area (TPSA) is 59.4 Å². The van der Waals surface area contributed by atoms with Crippen molar-refractivity contribution >= 4 is 6.03 Å². The monoisotopic (exact) mass is 372 g/mol. The lowest BCUT2D eigenvalue weighted by Crippen LogP contribution is -2.45. The molecule has 1 unspecified atom stereocenters. The van der Waals surface area contributed by atoms with Gasteiger partial charge in [-0.2, -0.15) is 5.10 Å². The molecule has 1 aromatic carbocycles. The molecule has 1 saturated heterocycles. The number of urea groups is 1. The standard InChI is InChI=1S/C20H25FN4O2/c1-24-9-8-17(23-24)14-6-10-25(11-7-14)20(26)22-18-3-2-12-27-19-5-4-15(21)13-16(18)19/h4-5,8-9,13-14,18H,2-3,6-7,10-12H2,1H3,(H,22,26). The Labute approximate surface area is 158 Å². The van der Waals surface area contributed by atoms with Gasteiger partial charge in [0.15, 0.2) is 0 Å². The SMILES string of the molecule is Cn1ccc(C2CCN(C(=O)NC3CCCOc4ccc(F)cc43)CC2)n1. The zero-order chi connectivity index (χ0) is 18.8. The highest BCUT2D eigenvalue weighted by Crippen LogP contribution is 2.33. The Morgan fingerprint density at radius 2 is 2.07 bits per heavy atom. The molecule has 2 aliphatic heterocycles. The molecule has 27 heavy (non-hydrogen) atoms. The summed E-state index contributed by atoms with van der Waals surface area (Å²) in [6, 6.07) is 6.26. The molecule has 1 N–H and O–H groups in total. The molecule has 2 amide bonds. The van der Waals surface area contributed by atoms with Crippen LogP contribution in [0.2, 0.25) is 0 Å². The zero-order valence-electron chi connectivity index (χ0n) is 15.5. The first-order valence-corrected chi connectivity index (χ1v) is 9.57. The summed E-state index contributed by atoms with van der Waals surface area (Å²) in [6.07, 6.45) is 5.33. The van der Waals surface area contributed by atoms with E-state index in [1.807, 2.05) is 22.8 Å². The van der Waals surface area contributed by atoms with Crippen LogP contribution >= 0.6 is 0 Å². The Balaban J connectivity index is 1.39. The van der Waals surface area contributed by atoms with Crippen molar-refractivity contribution in [2.75, 3.05) is 19.7 Å². The number of rotatable bonds is 2. The summed E-state index contributed by atoms with van der Waals surface area (Å²) in [6.45, 7) is 1.99. The average molecular weight is 372 g/mol. The molecular formula is C20H25FN4O2. The van der Waals surface area contributed by atoms with E-state index in [9.17, 15) is 9.18 Å². The predicted molar refractivity (Wildman–Crippen MR) is 99.2 cm³/mol. The third kappa shape index (κ3) is 3.91. The maximum Gasteiger partial charge on any atom is 0.317 e. The first-order valence-electron chi connectivity index (χ1n) is 9.57. The van der Waals surface area contributed by atoms with Gasteiger partial charge in [-0.3, -0.25) is 4.68 Å². The van der Waals surface area contributed by atoms with Gasteiger partial charge >= 0.3 is 6.03 Å². The fourth-order valence-electron chi connectivity index (χ4n) is 3.97. The molecule has 2 aliphatic rings. The van der Waals surface area contributed by atoms with Gasteiger partial charge in [0.1, 0.15) is 11.6 Å². The van der Waals surface area contributed by atoms with Crippen LogP contribution in [0.4, 0.5) is 9.18 Å². The van der Waals surface area contributed by atoms with E-state index in [1.54, 1.807) is 6.07 Å². The maximum absolute atomic E-state index is 13.7. The van der Waals surface area contributed by atoms with Crippen LogP contribution < -0.4 is 10.1 Å². The Morgan fingerprint density at radius 1 is 1.26 bits per heavy atom. The highest BCUT2D eigenvalue weighted by molar-refractivity contribution is 5.75. The molecule has 0 bridgehead atoms. The maximum atomic E-state index is 13.7. The Hall–Kier alpha value is -2.57. The lowest BCUT2D eigenvalue weighted by molar-refractivity contribution is 0.176. The number of nitrogens with zero attached hydrogens (tertiary/aromatic N) is 3. The van der Waals surface area contributed by atoms with Gasteiger partial charge in [-0.1, -0.05) is 0 Å². The van der Waals surface area contributed by atoms with Crippen molar-refractivity contribution in [2.45, 2.75) is 37.6 Å².